The first-order chi connectivity index (χ1) is 14.8. The van der Waals surface area contributed by atoms with Gasteiger partial charge in [-0.2, -0.15) is 0 Å². The quantitative estimate of drug-likeness (QED) is 0.587. The first-order valence-corrected chi connectivity index (χ1v) is 12.7. The second-order valence-corrected chi connectivity index (χ2v) is 11.4. The fraction of sp³-hybridized carbons (Fsp3) is 0.654. The summed E-state index contributed by atoms with van der Waals surface area (Å²) < 4.78 is 5.41. The summed E-state index contributed by atoms with van der Waals surface area (Å²) in [6, 6.07) is 7.07. The Morgan fingerprint density at radius 2 is 1.77 bits per heavy atom. The van der Waals surface area contributed by atoms with Crippen LogP contribution in [0, 0.1) is 0 Å². The molecule has 0 saturated carbocycles. The second-order valence-electron chi connectivity index (χ2n) is 10.6. The van der Waals surface area contributed by atoms with Crippen LogP contribution < -0.4 is 0 Å². The molecule has 1 aliphatic carbocycles. The highest BCUT2D eigenvalue weighted by atomic mass is 32.1. The van der Waals surface area contributed by atoms with Gasteiger partial charge in [-0.25, -0.2) is 4.98 Å². The number of aliphatic hydroxyl groups is 1. The Bertz CT molecular complexity index is 881. The lowest BCUT2D eigenvalue weighted by Crippen LogP contribution is -2.35. The molecule has 1 aromatic heterocycles. The van der Waals surface area contributed by atoms with E-state index in [4.69, 9.17) is 14.8 Å². The lowest BCUT2D eigenvalue weighted by molar-refractivity contribution is 0.0679. The topological polar surface area (TPSA) is 45.6 Å². The molecule has 4 nitrogen and oxygen atoms in total. The first-order valence-electron chi connectivity index (χ1n) is 11.8. The fourth-order valence-corrected chi connectivity index (χ4v) is 6.12. The molecule has 2 aromatic rings. The largest absolute Gasteiger partial charge is 0.394 e. The third-order valence-electron chi connectivity index (χ3n) is 7.39. The molecule has 4 rings (SSSR count). The molecule has 2 heterocycles. The number of ether oxygens (including phenoxy) is 1. The number of piperidine rings is 1. The Morgan fingerprint density at radius 1 is 1.06 bits per heavy atom. The number of nitrogens with zero attached hydrogens (tertiary/aromatic N) is 2. The van der Waals surface area contributed by atoms with E-state index in [0.717, 1.165) is 25.3 Å². The van der Waals surface area contributed by atoms with Crippen LogP contribution in [0.15, 0.2) is 23.6 Å². The van der Waals surface area contributed by atoms with Crippen LogP contribution >= 0.6 is 11.3 Å². The average Bonchev–Trinajstić information content (AvgIpc) is 3.25. The summed E-state index contributed by atoms with van der Waals surface area (Å²) >= 11 is 1.83. The molecule has 0 spiro atoms. The molecule has 1 N–H and O–H groups in total. The van der Waals surface area contributed by atoms with Crippen molar-refractivity contribution in [3.05, 3.63) is 39.7 Å². The van der Waals surface area contributed by atoms with Crippen LogP contribution in [0.5, 0.6) is 0 Å². The Hall–Kier alpha value is -1.27. The van der Waals surface area contributed by atoms with Crippen LogP contribution in [0.2, 0.25) is 0 Å². The van der Waals surface area contributed by atoms with Crippen molar-refractivity contribution in [2.45, 2.75) is 70.1 Å². The van der Waals surface area contributed by atoms with Crippen molar-refractivity contribution in [1.82, 2.24) is 9.88 Å². The van der Waals surface area contributed by atoms with E-state index in [1.54, 1.807) is 0 Å². The van der Waals surface area contributed by atoms with E-state index in [-0.39, 0.29) is 17.4 Å². The maximum Gasteiger partial charge on any atom is 0.0964 e. The van der Waals surface area contributed by atoms with Crippen molar-refractivity contribution in [3.63, 3.8) is 0 Å². The second kappa shape index (κ2) is 9.30. The summed E-state index contributed by atoms with van der Waals surface area (Å²) in [6.07, 6.45) is 4.82. The lowest BCUT2D eigenvalue weighted by Gasteiger charge is -2.42. The minimum absolute atomic E-state index is 0.105. The molecular weight excluding hydrogens is 404 g/mol. The van der Waals surface area contributed by atoms with Gasteiger partial charge in [-0.1, -0.05) is 39.8 Å². The summed E-state index contributed by atoms with van der Waals surface area (Å²) in [6.45, 7) is 14.0. The number of likely N-dealkylation sites (tertiary alicyclic amines) is 1. The minimum atomic E-state index is 0.105. The van der Waals surface area contributed by atoms with Gasteiger partial charge in [-0.05, 0) is 66.8 Å². The minimum Gasteiger partial charge on any atom is -0.394 e. The van der Waals surface area contributed by atoms with E-state index in [9.17, 15) is 0 Å². The Morgan fingerprint density at radius 3 is 2.48 bits per heavy atom. The van der Waals surface area contributed by atoms with Crippen LogP contribution in [0.25, 0.3) is 11.3 Å². The SMILES string of the molecule is CC1(C)CCC(C)(C)c2cc(-c3csc(C4CCN(CCOCCO)CC4)n3)ccc21. The zero-order chi connectivity index (χ0) is 22.1. The van der Waals surface area contributed by atoms with E-state index in [0.29, 0.717) is 19.1 Å². The molecule has 2 aliphatic rings. The average molecular weight is 443 g/mol. The molecular formula is C26H38N2O2S. The van der Waals surface area contributed by atoms with Crippen LogP contribution in [0.4, 0.5) is 0 Å². The van der Waals surface area contributed by atoms with E-state index >= 15 is 0 Å². The van der Waals surface area contributed by atoms with Crippen molar-refractivity contribution in [2.24, 2.45) is 0 Å². The molecule has 0 unspecified atom stereocenters. The van der Waals surface area contributed by atoms with E-state index in [2.05, 4.69) is 56.2 Å². The normalized spacial score (nSPS) is 21.2. The van der Waals surface area contributed by atoms with Crippen molar-refractivity contribution < 1.29 is 9.84 Å². The van der Waals surface area contributed by atoms with Crippen LogP contribution in [0.3, 0.4) is 0 Å². The number of benzene rings is 1. The van der Waals surface area contributed by atoms with Gasteiger partial charge in [0, 0.05) is 23.4 Å². The maximum absolute atomic E-state index is 8.81. The summed E-state index contributed by atoms with van der Waals surface area (Å²) in [7, 11) is 0. The van der Waals surface area contributed by atoms with E-state index in [1.165, 1.54) is 47.4 Å². The number of thiazole rings is 1. The van der Waals surface area contributed by atoms with E-state index < -0.39 is 0 Å². The lowest BCUT2D eigenvalue weighted by atomic mass is 9.63. The smallest absolute Gasteiger partial charge is 0.0964 e. The third-order valence-corrected chi connectivity index (χ3v) is 8.40. The zero-order valence-corrected chi connectivity index (χ0v) is 20.4. The number of aromatic nitrogens is 1. The standard InChI is InChI=1S/C26H38N2O2S/c1-25(2)9-10-26(3,4)22-17-20(5-6-21(22)25)23-18-31-24(27-23)19-7-11-28(12-8-19)13-15-30-16-14-29/h5-6,17-19,29H,7-16H2,1-4H3. The molecule has 31 heavy (non-hydrogen) atoms. The molecule has 1 fully saturated rings. The predicted octanol–water partition coefficient (Wildman–Crippen LogP) is 5.35. The molecule has 1 aliphatic heterocycles. The number of fused-ring (bicyclic) bond motifs is 1. The van der Waals surface area contributed by atoms with Gasteiger partial charge in [0.25, 0.3) is 0 Å². The molecule has 5 heteroatoms. The highest BCUT2D eigenvalue weighted by Gasteiger charge is 2.37. The van der Waals surface area contributed by atoms with Gasteiger partial charge in [0.15, 0.2) is 0 Å². The molecule has 1 saturated heterocycles. The van der Waals surface area contributed by atoms with Crippen LogP contribution in [0.1, 0.15) is 75.4 Å². The van der Waals surface area contributed by atoms with Gasteiger partial charge in [0.1, 0.15) is 0 Å². The Balaban J connectivity index is 1.43. The van der Waals surface area contributed by atoms with Gasteiger partial charge < -0.3 is 14.7 Å². The van der Waals surface area contributed by atoms with Gasteiger partial charge >= 0.3 is 0 Å². The number of hydrogen-bond acceptors (Lipinski definition) is 5. The van der Waals surface area contributed by atoms with Gasteiger partial charge in [0.2, 0.25) is 0 Å². The first kappa shape index (κ1) is 22.9. The van der Waals surface area contributed by atoms with Crippen LogP contribution in [-0.4, -0.2) is 54.4 Å². The van der Waals surface area contributed by atoms with Gasteiger partial charge in [-0.15, -0.1) is 11.3 Å². The maximum atomic E-state index is 8.81. The fourth-order valence-electron chi connectivity index (χ4n) is 5.12. The van der Waals surface area contributed by atoms with Gasteiger partial charge in [0.05, 0.1) is 30.5 Å². The molecule has 1 aromatic carbocycles. The van der Waals surface area contributed by atoms with Crippen molar-refractivity contribution >= 4 is 11.3 Å². The Labute approximate surface area is 191 Å². The molecule has 170 valence electrons. The highest BCUT2D eigenvalue weighted by Crippen LogP contribution is 2.47. The van der Waals surface area contributed by atoms with Crippen molar-refractivity contribution in [2.75, 3.05) is 39.5 Å². The number of rotatable bonds is 7. The number of aliphatic hydroxyl groups excluding tert-OH is 1. The number of hydrogen-bond donors (Lipinski definition) is 1. The predicted molar refractivity (Wildman–Crippen MR) is 129 cm³/mol. The van der Waals surface area contributed by atoms with Gasteiger partial charge in [-0.3, -0.25) is 0 Å². The summed E-state index contributed by atoms with van der Waals surface area (Å²) in [5.74, 6) is 0.571. The molecule has 0 amide bonds. The summed E-state index contributed by atoms with van der Waals surface area (Å²) in [5.41, 5.74) is 5.92. The third kappa shape index (κ3) is 5.05. The molecule has 0 bridgehead atoms. The van der Waals surface area contributed by atoms with Crippen LogP contribution in [-0.2, 0) is 15.6 Å². The summed E-state index contributed by atoms with van der Waals surface area (Å²) in [4.78, 5) is 7.56. The van der Waals surface area contributed by atoms with E-state index in [1.807, 2.05) is 11.3 Å². The Kier molecular flexibility index (Phi) is 6.87. The highest BCUT2D eigenvalue weighted by molar-refractivity contribution is 7.10. The molecule has 0 atom stereocenters. The zero-order valence-electron chi connectivity index (χ0n) is 19.6. The van der Waals surface area contributed by atoms with Crippen molar-refractivity contribution in [3.8, 4) is 11.3 Å². The molecule has 0 radical (unpaired) electrons. The summed E-state index contributed by atoms with van der Waals surface area (Å²) in [5, 5.41) is 12.4. The monoisotopic (exact) mass is 442 g/mol. The van der Waals surface area contributed by atoms with Crippen molar-refractivity contribution in [1.29, 1.82) is 0 Å².